The Morgan fingerprint density at radius 2 is 1.50 bits per heavy atom. The van der Waals surface area contributed by atoms with Crippen LogP contribution in [0.15, 0.2) is 60.8 Å². The number of benzene rings is 2. The number of amides is 2. The van der Waals surface area contributed by atoms with Crippen molar-refractivity contribution >= 4 is 23.2 Å². The second-order valence-corrected chi connectivity index (χ2v) is 6.69. The summed E-state index contributed by atoms with van der Waals surface area (Å²) in [5, 5.41) is 5.66. The molecule has 1 aromatic heterocycles. The molecule has 0 spiro atoms. The molecule has 2 amide bonds. The SMILES string of the molecule is CCc1ccc(NC(=O)c2cc(C(=O)Nc3ccc(C)c(C)c3)ccn2)cc1. The molecule has 0 bridgehead atoms. The van der Waals surface area contributed by atoms with Gasteiger partial charge in [0.1, 0.15) is 5.69 Å². The zero-order chi connectivity index (χ0) is 20.1. The number of anilines is 2. The molecule has 0 unspecified atom stereocenters. The molecule has 2 N–H and O–H groups in total. The van der Waals surface area contributed by atoms with E-state index < -0.39 is 0 Å². The molecule has 5 heteroatoms. The fourth-order valence-corrected chi connectivity index (χ4v) is 2.74. The second-order valence-electron chi connectivity index (χ2n) is 6.69. The standard InChI is InChI=1S/C23H23N3O2/c1-4-17-6-9-19(10-7-17)25-23(28)21-14-18(11-12-24-21)22(27)26-20-8-5-15(2)16(3)13-20/h5-14H,4H2,1-3H3,(H,25,28)(H,26,27). The van der Waals surface area contributed by atoms with Gasteiger partial charge in [0.2, 0.25) is 0 Å². The summed E-state index contributed by atoms with van der Waals surface area (Å²) >= 11 is 0. The Balaban J connectivity index is 1.72. The van der Waals surface area contributed by atoms with E-state index in [4.69, 9.17) is 0 Å². The monoisotopic (exact) mass is 373 g/mol. The molecule has 5 nitrogen and oxygen atoms in total. The fourth-order valence-electron chi connectivity index (χ4n) is 2.74. The smallest absolute Gasteiger partial charge is 0.274 e. The Morgan fingerprint density at radius 1 is 0.821 bits per heavy atom. The van der Waals surface area contributed by atoms with Gasteiger partial charge in [0.05, 0.1) is 0 Å². The predicted octanol–water partition coefficient (Wildman–Crippen LogP) is 4.77. The molecule has 28 heavy (non-hydrogen) atoms. The molecule has 0 fully saturated rings. The maximum Gasteiger partial charge on any atom is 0.274 e. The third-order valence-electron chi connectivity index (χ3n) is 4.64. The third kappa shape index (κ3) is 4.62. The van der Waals surface area contributed by atoms with Crippen molar-refractivity contribution in [2.75, 3.05) is 10.6 Å². The molecule has 0 saturated heterocycles. The van der Waals surface area contributed by atoms with Gasteiger partial charge in [0.15, 0.2) is 0 Å². The zero-order valence-electron chi connectivity index (χ0n) is 16.2. The molecule has 0 aliphatic carbocycles. The average molecular weight is 373 g/mol. The highest BCUT2D eigenvalue weighted by Crippen LogP contribution is 2.16. The molecule has 0 aliphatic rings. The fraction of sp³-hybridized carbons (Fsp3) is 0.174. The molecule has 3 rings (SSSR count). The molecule has 0 saturated carbocycles. The predicted molar refractivity (Wildman–Crippen MR) is 112 cm³/mol. The van der Waals surface area contributed by atoms with Gasteiger partial charge in [-0.3, -0.25) is 14.6 Å². The van der Waals surface area contributed by atoms with Crippen LogP contribution in [-0.4, -0.2) is 16.8 Å². The zero-order valence-corrected chi connectivity index (χ0v) is 16.2. The van der Waals surface area contributed by atoms with Crippen LogP contribution in [0.5, 0.6) is 0 Å². The minimum atomic E-state index is -0.356. The largest absolute Gasteiger partial charge is 0.322 e. The Bertz CT molecular complexity index is 1010. The first-order chi connectivity index (χ1) is 13.5. The van der Waals surface area contributed by atoms with E-state index in [1.54, 1.807) is 6.07 Å². The van der Waals surface area contributed by atoms with Crippen molar-refractivity contribution in [3.63, 3.8) is 0 Å². The average Bonchev–Trinajstić information content (AvgIpc) is 2.71. The highest BCUT2D eigenvalue weighted by Gasteiger charge is 2.13. The van der Waals surface area contributed by atoms with E-state index in [1.165, 1.54) is 17.8 Å². The van der Waals surface area contributed by atoms with E-state index in [0.29, 0.717) is 16.9 Å². The van der Waals surface area contributed by atoms with Crippen molar-refractivity contribution in [3.05, 3.63) is 88.7 Å². The van der Waals surface area contributed by atoms with Crippen LogP contribution < -0.4 is 10.6 Å². The molecular weight excluding hydrogens is 350 g/mol. The highest BCUT2D eigenvalue weighted by molar-refractivity contribution is 6.07. The summed E-state index contributed by atoms with van der Waals surface area (Å²) in [5.41, 5.74) is 5.42. The maximum absolute atomic E-state index is 12.5. The van der Waals surface area contributed by atoms with Gasteiger partial charge in [-0.1, -0.05) is 25.1 Å². The molecule has 2 aromatic carbocycles. The topological polar surface area (TPSA) is 71.1 Å². The lowest BCUT2D eigenvalue weighted by Crippen LogP contribution is -2.17. The summed E-state index contributed by atoms with van der Waals surface area (Å²) in [7, 11) is 0. The van der Waals surface area contributed by atoms with E-state index in [-0.39, 0.29) is 17.5 Å². The van der Waals surface area contributed by atoms with Crippen LogP contribution in [0.25, 0.3) is 0 Å². The summed E-state index contributed by atoms with van der Waals surface area (Å²) in [6, 6.07) is 16.5. The number of aromatic nitrogens is 1. The number of pyridine rings is 1. The number of carbonyl (C=O) groups excluding carboxylic acids is 2. The first-order valence-corrected chi connectivity index (χ1v) is 9.21. The maximum atomic E-state index is 12.5. The van der Waals surface area contributed by atoms with E-state index in [9.17, 15) is 9.59 Å². The summed E-state index contributed by atoms with van der Waals surface area (Å²) in [4.78, 5) is 29.1. The number of hydrogen-bond donors (Lipinski definition) is 2. The van der Waals surface area contributed by atoms with Crippen molar-refractivity contribution in [2.24, 2.45) is 0 Å². The molecular formula is C23H23N3O2. The Labute approximate surface area is 164 Å². The third-order valence-corrected chi connectivity index (χ3v) is 4.64. The first kappa shape index (κ1) is 19.3. The number of nitrogens with one attached hydrogen (secondary N) is 2. The molecule has 142 valence electrons. The van der Waals surface area contributed by atoms with Crippen LogP contribution in [0.4, 0.5) is 11.4 Å². The Morgan fingerprint density at radius 3 is 2.18 bits per heavy atom. The van der Waals surface area contributed by atoms with Gasteiger partial charge in [0, 0.05) is 23.1 Å². The van der Waals surface area contributed by atoms with E-state index in [2.05, 4.69) is 22.5 Å². The summed E-state index contributed by atoms with van der Waals surface area (Å²) in [5.74, 6) is -0.642. The van der Waals surface area contributed by atoms with Crippen molar-refractivity contribution in [2.45, 2.75) is 27.2 Å². The highest BCUT2D eigenvalue weighted by atomic mass is 16.2. The molecule has 0 aliphatic heterocycles. The molecule has 3 aromatic rings. The normalized spacial score (nSPS) is 10.4. The molecule has 0 radical (unpaired) electrons. The van der Waals surface area contributed by atoms with Crippen molar-refractivity contribution in [3.8, 4) is 0 Å². The lowest BCUT2D eigenvalue weighted by atomic mass is 10.1. The van der Waals surface area contributed by atoms with Gasteiger partial charge in [-0.2, -0.15) is 0 Å². The number of carbonyl (C=O) groups is 2. The Kier molecular flexibility index (Phi) is 5.84. The minimum absolute atomic E-state index is 0.187. The van der Waals surface area contributed by atoms with E-state index in [1.807, 2.05) is 56.3 Å². The van der Waals surface area contributed by atoms with Gasteiger partial charge in [-0.25, -0.2) is 0 Å². The number of aryl methyl sites for hydroxylation is 3. The van der Waals surface area contributed by atoms with Gasteiger partial charge in [0.25, 0.3) is 11.8 Å². The van der Waals surface area contributed by atoms with E-state index >= 15 is 0 Å². The Hall–Kier alpha value is -3.47. The van der Waals surface area contributed by atoms with Crippen molar-refractivity contribution in [1.82, 2.24) is 4.98 Å². The number of rotatable bonds is 5. The summed E-state index contributed by atoms with van der Waals surface area (Å²) < 4.78 is 0. The summed E-state index contributed by atoms with van der Waals surface area (Å²) in [6.45, 7) is 6.09. The van der Waals surface area contributed by atoms with Crippen molar-refractivity contribution < 1.29 is 9.59 Å². The lowest BCUT2D eigenvalue weighted by molar-refractivity contribution is 0.102. The molecule has 0 atom stereocenters. The first-order valence-electron chi connectivity index (χ1n) is 9.21. The van der Waals surface area contributed by atoms with Crippen LogP contribution in [0.3, 0.4) is 0 Å². The van der Waals surface area contributed by atoms with Crippen molar-refractivity contribution in [1.29, 1.82) is 0 Å². The van der Waals surface area contributed by atoms with E-state index in [0.717, 1.165) is 17.5 Å². The number of hydrogen-bond acceptors (Lipinski definition) is 3. The van der Waals surface area contributed by atoms with Gasteiger partial charge < -0.3 is 10.6 Å². The molecule has 1 heterocycles. The van der Waals surface area contributed by atoms with Crippen LogP contribution in [0, 0.1) is 13.8 Å². The van der Waals surface area contributed by atoms with Crippen LogP contribution in [0.1, 0.15) is 44.5 Å². The van der Waals surface area contributed by atoms with Crippen LogP contribution in [-0.2, 0) is 6.42 Å². The van der Waals surface area contributed by atoms with Gasteiger partial charge in [-0.05, 0) is 73.4 Å². The van der Waals surface area contributed by atoms with Crippen LogP contribution >= 0.6 is 0 Å². The van der Waals surface area contributed by atoms with Crippen LogP contribution in [0.2, 0.25) is 0 Å². The quantitative estimate of drug-likeness (QED) is 0.677. The second kappa shape index (κ2) is 8.48. The summed E-state index contributed by atoms with van der Waals surface area (Å²) in [6.07, 6.45) is 2.40. The number of nitrogens with zero attached hydrogens (tertiary/aromatic N) is 1. The lowest BCUT2D eigenvalue weighted by Gasteiger charge is -2.09. The van der Waals surface area contributed by atoms with Gasteiger partial charge >= 0.3 is 0 Å². The minimum Gasteiger partial charge on any atom is -0.322 e. The van der Waals surface area contributed by atoms with Gasteiger partial charge in [-0.15, -0.1) is 0 Å².